The SMILES string of the molecule is C1COCCO1.[B].[B].[B].[B].[B]. The fourth-order valence-electron chi connectivity index (χ4n) is 0.440. The molecule has 0 aromatic carbocycles. The number of rotatable bonds is 0. The zero-order valence-electron chi connectivity index (χ0n) is 6.53. The molecule has 1 rings (SSSR count). The Bertz CT molecular complexity index is 32.0. The van der Waals surface area contributed by atoms with Crippen molar-refractivity contribution >= 4 is 42.1 Å². The van der Waals surface area contributed by atoms with Gasteiger partial charge in [-0.1, -0.05) is 0 Å². The Hall–Kier alpha value is 0.245. The monoisotopic (exact) mass is 143 g/mol. The van der Waals surface area contributed by atoms with Gasteiger partial charge < -0.3 is 9.47 Å². The van der Waals surface area contributed by atoms with Crippen molar-refractivity contribution in [2.75, 3.05) is 26.4 Å². The molecule has 0 spiro atoms. The standard InChI is InChI=1S/C4H8O2.5B/c1-2-6-4-3-5-1;;;;;/h1-4H2;;;;;. The van der Waals surface area contributed by atoms with Gasteiger partial charge in [-0.25, -0.2) is 0 Å². The molecule has 0 aliphatic carbocycles. The lowest BCUT2D eigenvalue weighted by atomic mass is 10.6. The lowest BCUT2D eigenvalue weighted by Gasteiger charge is -2.09. The molecule has 15 radical (unpaired) electrons. The third-order valence-corrected chi connectivity index (χ3v) is 0.744. The van der Waals surface area contributed by atoms with Crippen molar-refractivity contribution < 1.29 is 9.47 Å². The summed E-state index contributed by atoms with van der Waals surface area (Å²) in [5.74, 6) is 0. The van der Waals surface area contributed by atoms with Crippen molar-refractivity contribution in [1.29, 1.82) is 0 Å². The van der Waals surface area contributed by atoms with E-state index >= 15 is 0 Å². The number of ether oxygens (including phenoxy) is 2. The van der Waals surface area contributed by atoms with Crippen molar-refractivity contribution in [3.8, 4) is 0 Å². The van der Waals surface area contributed by atoms with Crippen molar-refractivity contribution in [2.24, 2.45) is 0 Å². The van der Waals surface area contributed by atoms with Crippen LogP contribution in [0.3, 0.4) is 0 Å². The van der Waals surface area contributed by atoms with E-state index in [-0.39, 0.29) is 42.1 Å². The summed E-state index contributed by atoms with van der Waals surface area (Å²) in [6.07, 6.45) is 0. The first-order valence-corrected chi connectivity index (χ1v) is 2.15. The zero-order chi connectivity index (χ0) is 4.24. The minimum absolute atomic E-state index is 0. The van der Waals surface area contributed by atoms with Gasteiger partial charge in [-0.2, -0.15) is 0 Å². The Balaban J connectivity index is -0.0000000240. The van der Waals surface area contributed by atoms with Crippen LogP contribution in [0.1, 0.15) is 0 Å². The zero-order valence-corrected chi connectivity index (χ0v) is 6.53. The third kappa shape index (κ3) is 17.9. The van der Waals surface area contributed by atoms with Crippen molar-refractivity contribution in [1.82, 2.24) is 0 Å². The van der Waals surface area contributed by atoms with Gasteiger partial charge in [0.05, 0.1) is 26.4 Å². The van der Waals surface area contributed by atoms with Crippen LogP contribution in [-0.2, 0) is 9.47 Å². The van der Waals surface area contributed by atoms with Crippen molar-refractivity contribution in [2.45, 2.75) is 0 Å². The van der Waals surface area contributed by atoms with Crippen LogP contribution in [0, 0.1) is 0 Å². The summed E-state index contributed by atoms with van der Waals surface area (Å²) in [7, 11) is 0. The van der Waals surface area contributed by atoms with E-state index in [1.54, 1.807) is 0 Å². The van der Waals surface area contributed by atoms with E-state index < -0.39 is 0 Å². The van der Waals surface area contributed by atoms with Crippen LogP contribution in [0.5, 0.6) is 0 Å². The van der Waals surface area contributed by atoms with Crippen LogP contribution in [0.4, 0.5) is 0 Å². The molecule has 0 aromatic rings. The average molecular weight is 142 g/mol. The van der Waals surface area contributed by atoms with Gasteiger partial charge in [0.15, 0.2) is 0 Å². The lowest BCUT2D eigenvalue weighted by Crippen LogP contribution is -2.16. The summed E-state index contributed by atoms with van der Waals surface area (Å²) in [6.45, 7) is 3.11. The van der Waals surface area contributed by atoms with Gasteiger partial charge >= 0.3 is 0 Å². The highest BCUT2D eigenvalue weighted by Gasteiger charge is 1.94. The van der Waals surface area contributed by atoms with E-state index in [0.29, 0.717) is 0 Å². The molecule has 0 N–H and O–H groups in total. The van der Waals surface area contributed by atoms with Crippen LogP contribution in [0.15, 0.2) is 0 Å². The number of hydrogen-bond acceptors (Lipinski definition) is 2. The Morgan fingerprint density at radius 2 is 0.636 bits per heavy atom. The summed E-state index contributed by atoms with van der Waals surface area (Å²) in [4.78, 5) is 0. The fraction of sp³-hybridized carbons (Fsp3) is 1.00. The van der Waals surface area contributed by atoms with Crippen LogP contribution in [0.2, 0.25) is 0 Å². The molecule has 11 heavy (non-hydrogen) atoms. The second kappa shape index (κ2) is 22.5. The van der Waals surface area contributed by atoms with Crippen LogP contribution in [-0.4, -0.2) is 68.5 Å². The molecular formula is C4H8B5O2. The third-order valence-electron chi connectivity index (χ3n) is 0.744. The Morgan fingerprint density at radius 3 is 0.727 bits per heavy atom. The molecule has 1 saturated heterocycles. The summed E-state index contributed by atoms with van der Waals surface area (Å²) in [5.41, 5.74) is 0. The maximum Gasteiger partial charge on any atom is 0.0701 e. The normalized spacial score (nSPS) is 13.1. The molecule has 0 amide bonds. The average Bonchev–Trinajstić information content (AvgIpc) is 1.72. The maximum atomic E-state index is 4.94. The minimum atomic E-state index is 0. The van der Waals surface area contributed by atoms with Crippen LogP contribution in [0.25, 0.3) is 0 Å². The van der Waals surface area contributed by atoms with E-state index in [1.165, 1.54) is 0 Å². The summed E-state index contributed by atoms with van der Waals surface area (Å²) < 4.78 is 9.89. The van der Waals surface area contributed by atoms with E-state index in [0.717, 1.165) is 26.4 Å². The summed E-state index contributed by atoms with van der Waals surface area (Å²) >= 11 is 0. The van der Waals surface area contributed by atoms with E-state index in [9.17, 15) is 0 Å². The highest BCUT2D eigenvalue weighted by molar-refractivity contribution is 5.76. The first-order chi connectivity index (χ1) is 3.00. The van der Waals surface area contributed by atoms with Gasteiger partial charge in [0.1, 0.15) is 0 Å². The van der Waals surface area contributed by atoms with Gasteiger partial charge in [0, 0.05) is 42.1 Å². The molecule has 0 atom stereocenters. The molecule has 0 aromatic heterocycles. The maximum absolute atomic E-state index is 4.94. The van der Waals surface area contributed by atoms with Gasteiger partial charge in [0.25, 0.3) is 0 Å². The molecule has 51 valence electrons. The predicted octanol–water partition coefficient (Wildman–Crippen LogP) is -1.87. The molecular weight excluding hydrogens is 134 g/mol. The Kier molecular flexibility index (Phi) is 61.8. The molecule has 7 heteroatoms. The predicted molar refractivity (Wildman–Crippen MR) is 50.4 cm³/mol. The molecule has 0 bridgehead atoms. The Labute approximate surface area is 78.7 Å². The van der Waals surface area contributed by atoms with Crippen LogP contribution < -0.4 is 0 Å². The van der Waals surface area contributed by atoms with Gasteiger partial charge in [-0.15, -0.1) is 0 Å². The molecule has 1 fully saturated rings. The first-order valence-electron chi connectivity index (χ1n) is 2.15. The second-order valence-corrected chi connectivity index (χ2v) is 1.22. The van der Waals surface area contributed by atoms with Crippen molar-refractivity contribution in [3.05, 3.63) is 0 Å². The summed E-state index contributed by atoms with van der Waals surface area (Å²) in [5, 5.41) is 0. The smallest absolute Gasteiger partial charge is 0.0701 e. The molecule has 1 aliphatic heterocycles. The summed E-state index contributed by atoms with van der Waals surface area (Å²) in [6, 6.07) is 0. The van der Waals surface area contributed by atoms with E-state index in [1.807, 2.05) is 0 Å². The largest absolute Gasteiger partial charge is 0.377 e. The van der Waals surface area contributed by atoms with Crippen LogP contribution >= 0.6 is 0 Å². The van der Waals surface area contributed by atoms with Gasteiger partial charge in [-0.05, 0) is 0 Å². The van der Waals surface area contributed by atoms with E-state index in [2.05, 4.69) is 0 Å². The Morgan fingerprint density at radius 1 is 0.455 bits per heavy atom. The lowest BCUT2D eigenvalue weighted by molar-refractivity contribution is -0.0334. The molecule has 0 saturated carbocycles. The van der Waals surface area contributed by atoms with E-state index in [4.69, 9.17) is 9.47 Å². The quantitative estimate of drug-likeness (QED) is 0.369. The highest BCUT2D eigenvalue weighted by atomic mass is 16.6. The van der Waals surface area contributed by atoms with Crippen molar-refractivity contribution in [3.63, 3.8) is 0 Å². The molecule has 1 heterocycles. The first kappa shape index (κ1) is 30.3. The molecule has 1 aliphatic rings. The molecule has 0 unspecified atom stereocenters. The number of hydrogen-bond donors (Lipinski definition) is 0. The van der Waals surface area contributed by atoms with Gasteiger partial charge in [0.2, 0.25) is 0 Å². The fourth-order valence-corrected chi connectivity index (χ4v) is 0.440. The molecule has 2 nitrogen and oxygen atoms in total. The second-order valence-electron chi connectivity index (χ2n) is 1.22. The van der Waals surface area contributed by atoms with Gasteiger partial charge in [-0.3, -0.25) is 0 Å². The minimum Gasteiger partial charge on any atom is -0.377 e. The topological polar surface area (TPSA) is 18.5 Å². The highest BCUT2D eigenvalue weighted by Crippen LogP contribution is 1.85.